The fourth-order valence-electron chi connectivity index (χ4n) is 1.13. The van der Waals surface area contributed by atoms with E-state index >= 15 is 0 Å². The Morgan fingerprint density at radius 3 is 2.81 bits per heavy atom. The van der Waals surface area contributed by atoms with E-state index in [4.69, 9.17) is 9.84 Å². The molecule has 0 amide bonds. The Morgan fingerprint density at radius 2 is 2.38 bits per heavy atom. The van der Waals surface area contributed by atoms with E-state index in [9.17, 15) is 4.79 Å². The molecule has 1 saturated heterocycles. The van der Waals surface area contributed by atoms with Crippen molar-refractivity contribution in [1.29, 1.82) is 0 Å². The minimum atomic E-state index is 0.0399. The highest BCUT2D eigenvalue weighted by atomic mass is 32.2. The molecule has 2 N–H and O–H groups in total. The van der Waals surface area contributed by atoms with Gasteiger partial charge in [0, 0.05) is 23.7 Å². The molecular weight excluding hydrogens is 226 g/mol. The predicted molar refractivity (Wildman–Crippen MR) is 65.4 cm³/mol. The van der Waals surface area contributed by atoms with E-state index in [0.717, 1.165) is 0 Å². The molecule has 0 radical (unpaired) electrons. The molecular formula is C11H15NO3S. The molecule has 1 heterocycles. The van der Waals surface area contributed by atoms with Crippen LogP contribution in [0.5, 0.6) is 11.5 Å². The van der Waals surface area contributed by atoms with Crippen molar-refractivity contribution in [3.05, 3.63) is 23.8 Å². The second-order valence-electron chi connectivity index (χ2n) is 3.10. The zero-order valence-corrected chi connectivity index (χ0v) is 9.92. The maximum atomic E-state index is 10.2. The fraction of sp³-hybridized carbons (Fsp3) is 0.364. The topological polar surface area (TPSA) is 58.6 Å². The number of phenols is 1. The van der Waals surface area contributed by atoms with Gasteiger partial charge in [0.05, 0.1) is 7.11 Å². The number of aromatic hydroxyl groups is 1. The molecule has 88 valence electrons. The number of benzene rings is 1. The standard InChI is InChI=1S/C8H8O3.C3H7NS/c1-11-8-4-6(5-9)2-3-7(8)10;1-2-5-3-4-1/h2-5,10H,1H3;4H,1-3H2. The third kappa shape index (κ3) is 4.12. The van der Waals surface area contributed by atoms with Crippen molar-refractivity contribution in [2.45, 2.75) is 0 Å². The highest BCUT2D eigenvalue weighted by Crippen LogP contribution is 2.25. The lowest BCUT2D eigenvalue weighted by molar-refractivity contribution is 0.112. The molecule has 4 nitrogen and oxygen atoms in total. The minimum Gasteiger partial charge on any atom is -0.504 e. The Balaban J connectivity index is 0.000000212. The van der Waals surface area contributed by atoms with Gasteiger partial charge in [0.1, 0.15) is 6.29 Å². The SMILES string of the molecule is C1CSCN1.COc1cc(C=O)ccc1O. The van der Waals surface area contributed by atoms with Gasteiger partial charge in [-0.25, -0.2) is 0 Å². The normalized spacial score (nSPS) is 13.8. The first kappa shape index (κ1) is 12.9. The highest BCUT2D eigenvalue weighted by Gasteiger charge is 2.00. The quantitative estimate of drug-likeness (QED) is 0.768. The zero-order chi connectivity index (χ0) is 11.8. The molecule has 0 bridgehead atoms. The number of carbonyl (C=O) groups excluding carboxylic acids is 1. The minimum absolute atomic E-state index is 0.0399. The van der Waals surface area contributed by atoms with Crippen LogP contribution < -0.4 is 10.1 Å². The second kappa shape index (κ2) is 7.14. The smallest absolute Gasteiger partial charge is 0.161 e. The second-order valence-corrected chi connectivity index (χ2v) is 4.21. The lowest BCUT2D eigenvalue weighted by Crippen LogP contribution is -2.04. The molecule has 0 spiro atoms. The summed E-state index contributed by atoms with van der Waals surface area (Å²) in [7, 11) is 1.43. The van der Waals surface area contributed by atoms with E-state index in [-0.39, 0.29) is 5.75 Å². The van der Waals surface area contributed by atoms with Crippen LogP contribution >= 0.6 is 11.8 Å². The average Bonchev–Trinajstić information content (AvgIpc) is 2.88. The molecule has 0 unspecified atom stereocenters. The van der Waals surface area contributed by atoms with E-state index in [1.807, 2.05) is 11.8 Å². The first-order valence-corrected chi connectivity index (χ1v) is 6.04. The maximum absolute atomic E-state index is 10.2. The summed E-state index contributed by atoms with van der Waals surface area (Å²) in [6.45, 7) is 1.21. The molecule has 1 aromatic rings. The summed E-state index contributed by atoms with van der Waals surface area (Å²) in [6, 6.07) is 4.41. The number of thioether (sulfide) groups is 1. The fourth-order valence-corrected chi connectivity index (χ4v) is 1.85. The summed E-state index contributed by atoms with van der Waals surface area (Å²) in [5.41, 5.74) is 0.486. The first-order valence-electron chi connectivity index (χ1n) is 4.88. The molecule has 0 aliphatic carbocycles. The van der Waals surface area contributed by atoms with Crippen molar-refractivity contribution < 1.29 is 14.6 Å². The van der Waals surface area contributed by atoms with Gasteiger partial charge in [0.15, 0.2) is 11.5 Å². The summed E-state index contributed by atoms with van der Waals surface area (Å²) in [5, 5.41) is 12.3. The predicted octanol–water partition coefficient (Wildman–Crippen LogP) is 1.49. The van der Waals surface area contributed by atoms with Crippen molar-refractivity contribution in [2.75, 3.05) is 25.3 Å². The number of hydrogen-bond acceptors (Lipinski definition) is 5. The number of hydrogen-bond donors (Lipinski definition) is 2. The zero-order valence-electron chi connectivity index (χ0n) is 9.10. The van der Waals surface area contributed by atoms with Gasteiger partial charge in [-0.05, 0) is 18.2 Å². The van der Waals surface area contributed by atoms with E-state index in [1.54, 1.807) is 0 Å². The summed E-state index contributed by atoms with van der Waals surface area (Å²) < 4.78 is 4.78. The van der Waals surface area contributed by atoms with Gasteiger partial charge in [-0.3, -0.25) is 4.79 Å². The average molecular weight is 241 g/mol. The Kier molecular flexibility index (Phi) is 5.74. The number of phenolic OH excluding ortho intramolecular Hbond substituents is 1. The molecule has 0 saturated carbocycles. The maximum Gasteiger partial charge on any atom is 0.161 e. The third-order valence-corrected chi connectivity index (χ3v) is 2.87. The van der Waals surface area contributed by atoms with Gasteiger partial charge in [-0.2, -0.15) is 0 Å². The molecule has 0 aromatic heterocycles. The third-order valence-electron chi connectivity index (χ3n) is 1.97. The van der Waals surface area contributed by atoms with Crippen LogP contribution in [0.2, 0.25) is 0 Å². The van der Waals surface area contributed by atoms with Crippen LogP contribution in [0.3, 0.4) is 0 Å². The largest absolute Gasteiger partial charge is 0.504 e. The van der Waals surface area contributed by atoms with Crippen LogP contribution in [0, 0.1) is 0 Å². The summed E-state index contributed by atoms with van der Waals surface area (Å²) in [5.74, 6) is 2.83. The number of aldehydes is 1. The number of carbonyl (C=O) groups is 1. The molecule has 5 heteroatoms. The van der Waals surface area contributed by atoms with Gasteiger partial charge in [0.25, 0.3) is 0 Å². The first-order chi connectivity index (χ1) is 7.77. The Bertz CT molecular complexity index is 332. The van der Waals surface area contributed by atoms with Crippen LogP contribution in [-0.4, -0.2) is 36.7 Å². The Hall–Kier alpha value is -1.20. The van der Waals surface area contributed by atoms with Crippen LogP contribution in [0.4, 0.5) is 0 Å². The molecule has 16 heavy (non-hydrogen) atoms. The molecule has 1 aromatic carbocycles. The molecule has 1 aliphatic rings. The van der Waals surface area contributed by atoms with E-state index in [1.165, 1.54) is 43.5 Å². The monoisotopic (exact) mass is 241 g/mol. The number of methoxy groups -OCH3 is 1. The van der Waals surface area contributed by atoms with Crippen molar-refractivity contribution >= 4 is 18.0 Å². The summed E-state index contributed by atoms with van der Waals surface area (Å²) in [6.07, 6.45) is 0.696. The van der Waals surface area contributed by atoms with Crippen LogP contribution in [-0.2, 0) is 0 Å². The van der Waals surface area contributed by atoms with Gasteiger partial charge < -0.3 is 15.2 Å². The van der Waals surface area contributed by atoms with Crippen molar-refractivity contribution in [3.63, 3.8) is 0 Å². The molecule has 1 fully saturated rings. The number of rotatable bonds is 2. The van der Waals surface area contributed by atoms with Crippen molar-refractivity contribution in [3.8, 4) is 11.5 Å². The summed E-state index contributed by atoms with van der Waals surface area (Å²) >= 11 is 1.96. The van der Waals surface area contributed by atoms with Crippen LogP contribution in [0.1, 0.15) is 10.4 Å². The Labute approximate surface area is 99.0 Å². The van der Waals surface area contributed by atoms with Gasteiger partial charge in [-0.1, -0.05) is 0 Å². The van der Waals surface area contributed by atoms with E-state index in [2.05, 4.69) is 5.32 Å². The van der Waals surface area contributed by atoms with Crippen LogP contribution in [0.25, 0.3) is 0 Å². The van der Waals surface area contributed by atoms with Crippen molar-refractivity contribution in [2.24, 2.45) is 0 Å². The number of ether oxygens (including phenoxy) is 1. The Morgan fingerprint density at radius 1 is 1.56 bits per heavy atom. The molecule has 1 aliphatic heterocycles. The molecule has 0 atom stereocenters. The van der Waals surface area contributed by atoms with Gasteiger partial charge >= 0.3 is 0 Å². The molecule has 2 rings (SSSR count). The van der Waals surface area contributed by atoms with E-state index in [0.29, 0.717) is 17.6 Å². The summed E-state index contributed by atoms with van der Waals surface area (Å²) in [4.78, 5) is 10.2. The van der Waals surface area contributed by atoms with Gasteiger partial charge in [-0.15, -0.1) is 11.8 Å². The van der Waals surface area contributed by atoms with Crippen LogP contribution in [0.15, 0.2) is 18.2 Å². The number of nitrogens with one attached hydrogen (secondary N) is 1. The van der Waals surface area contributed by atoms with Gasteiger partial charge in [0.2, 0.25) is 0 Å². The highest BCUT2D eigenvalue weighted by molar-refractivity contribution is 7.99. The lowest BCUT2D eigenvalue weighted by atomic mass is 10.2. The van der Waals surface area contributed by atoms with Crippen molar-refractivity contribution in [1.82, 2.24) is 5.32 Å². The van der Waals surface area contributed by atoms with E-state index < -0.39 is 0 Å². The lowest BCUT2D eigenvalue weighted by Gasteiger charge is -2.01.